The zero-order valence-corrected chi connectivity index (χ0v) is 14.0. The lowest BCUT2D eigenvalue weighted by Gasteiger charge is -2.29. The Balaban J connectivity index is 2.43. The highest BCUT2D eigenvalue weighted by atomic mass is 16.7. The Kier molecular flexibility index (Phi) is 6.41. The molecule has 0 fully saturated rings. The first-order valence-corrected chi connectivity index (χ1v) is 8.04. The van der Waals surface area contributed by atoms with Crippen molar-refractivity contribution in [1.82, 2.24) is 0 Å². The minimum atomic E-state index is -1.96. The van der Waals surface area contributed by atoms with Crippen molar-refractivity contribution in [1.29, 1.82) is 0 Å². The van der Waals surface area contributed by atoms with E-state index in [1.54, 1.807) is 48.5 Å². The maximum atomic E-state index is 13.0. The molecule has 0 atom stereocenters. The lowest BCUT2D eigenvalue weighted by molar-refractivity contribution is -0.154. The summed E-state index contributed by atoms with van der Waals surface area (Å²) in [6, 6.07) is 17.2. The summed E-state index contributed by atoms with van der Waals surface area (Å²) in [6.45, 7) is 2.28. The van der Waals surface area contributed by atoms with E-state index in [0.29, 0.717) is 11.1 Å². The second-order valence-corrected chi connectivity index (χ2v) is 5.41. The van der Waals surface area contributed by atoms with Crippen LogP contribution in [0.25, 0.3) is 0 Å². The lowest BCUT2D eigenvalue weighted by atomic mass is 9.94. The van der Waals surface area contributed by atoms with E-state index >= 15 is 0 Å². The summed E-state index contributed by atoms with van der Waals surface area (Å²) in [5.41, 5.74) is 0.750. The van der Waals surface area contributed by atoms with Gasteiger partial charge in [-0.25, -0.2) is 0 Å². The van der Waals surface area contributed by atoms with E-state index in [-0.39, 0.29) is 6.61 Å². The predicted molar refractivity (Wildman–Crippen MR) is 92.1 cm³/mol. The number of benzene rings is 2. The van der Waals surface area contributed by atoms with Gasteiger partial charge in [-0.3, -0.25) is 9.59 Å². The van der Waals surface area contributed by atoms with Crippen molar-refractivity contribution in [2.45, 2.75) is 25.6 Å². The van der Waals surface area contributed by atoms with E-state index < -0.39 is 17.4 Å². The molecule has 0 heterocycles. The number of ketones is 2. The molecule has 24 heavy (non-hydrogen) atoms. The normalized spacial score (nSPS) is 11.2. The molecule has 0 N–H and O–H groups in total. The molecule has 0 aliphatic heterocycles. The maximum Gasteiger partial charge on any atom is 0.299 e. The molecular formula is C20H22O4. The minimum Gasteiger partial charge on any atom is -0.341 e. The average Bonchev–Trinajstić information content (AvgIpc) is 2.66. The summed E-state index contributed by atoms with van der Waals surface area (Å²) >= 11 is 0. The number of carbonyl (C=O) groups excluding carboxylic acids is 2. The number of methoxy groups -OCH3 is 1. The van der Waals surface area contributed by atoms with Gasteiger partial charge in [0.1, 0.15) is 0 Å². The van der Waals surface area contributed by atoms with Crippen molar-refractivity contribution >= 4 is 11.6 Å². The van der Waals surface area contributed by atoms with Crippen molar-refractivity contribution in [2.24, 2.45) is 0 Å². The largest absolute Gasteiger partial charge is 0.341 e. The molecule has 2 rings (SSSR count). The summed E-state index contributed by atoms with van der Waals surface area (Å²) < 4.78 is 11.1. The van der Waals surface area contributed by atoms with Crippen molar-refractivity contribution in [2.75, 3.05) is 13.7 Å². The van der Waals surface area contributed by atoms with Gasteiger partial charge in [-0.2, -0.15) is 0 Å². The van der Waals surface area contributed by atoms with Crippen LogP contribution in [0.5, 0.6) is 0 Å². The average molecular weight is 326 g/mol. The Morgan fingerprint density at radius 1 is 0.875 bits per heavy atom. The fourth-order valence-corrected chi connectivity index (χ4v) is 2.40. The zero-order valence-electron chi connectivity index (χ0n) is 14.0. The topological polar surface area (TPSA) is 52.6 Å². The molecule has 0 bridgehead atoms. The smallest absolute Gasteiger partial charge is 0.299 e. The van der Waals surface area contributed by atoms with Crippen LogP contribution in [0, 0.1) is 0 Å². The number of Topliss-reactive ketones (excluding diaryl/α,β-unsaturated/α-hetero) is 2. The zero-order chi connectivity index (χ0) is 17.4. The molecule has 0 radical (unpaired) electrons. The van der Waals surface area contributed by atoms with Gasteiger partial charge in [0.15, 0.2) is 0 Å². The molecule has 4 nitrogen and oxygen atoms in total. The van der Waals surface area contributed by atoms with E-state index in [4.69, 9.17) is 9.47 Å². The maximum absolute atomic E-state index is 13.0. The minimum absolute atomic E-state index is 0.265. The quantitative estimate of drug-likeness (QED) is 0.303. The summed E-state index contributed by atoms with van der Waals surface area (Å²) in [6.07, 6.45) is 1.62. The molecule has 126 valence electrons. The van der Waals surface area contributed by atoms with E-state index in [1.165, 1.54) is 7.11 Å². The number of rotatable bonds is 9. The first-order valence-electron chi connectivity index (χ1n) is 8.04. The second-order valence-electron chi connectivity index (χ2n) is 5.41. The highest BCUT2D eigenvalue weighted by Crippen LogP contribution is 2.25. The van der Waals surface area contributed by atoms with Gasteiger partial charge in [-0.15, -0.1) is 0 Å². The Labute approximate surface area is 142 Å². The van der Waals surface area contributed by atoms with E-state index in [0.717, 1.165) is 12.8 Å². The predicted octanol–water partition coefficient (Wildman–Crippen LogP) is 3.91. The van der Waals surface area contributed by atoms with Crippen LogP contribution >= 0.6 is 0 Å². The standard InChI is InChI=1S/C20H22O4/c1-3-4-15-24-20(23-2,18(21)16-11-7-5-8-12-16)19(22)17-13-9-6-10-14-17/h5-14H,3-4,15H2,1-2H3. The monoisotopic (exact) mass is 326 g/mol. The lowest BCUT2D eigenvalue weighted by Crippen LogP contribution is -2.51. The molecule has 0 spiro atoms. The van der Waals surface area contributed by atoms with Gasteiger partial charge in [-0.1, -0.05) is 74.0 Å². The summed E-state index contributed by atoms with van der Waals surface area (Å²) in [7, 11) is 1.33. The van der Waals surface area contributed by atoms with Crippen molar-refractivity contribution in [3.63, 3.8) is 0 Å². The van der Waals surface area contributed by atoms with Crippen LogP contribution in [0.15, 0.2) is 60.7 Å². The van der Waals surface area contributed by atoms with E-state index in [2.05, 4.69) is 0 Å². The first-order chi connectivity index (χ1) is 11.7. The van der Waals surface area contributed by atoms with Gasteiger partial charge < -0.3 is 9.47 Å². The van der Waals surface area contributed by atoms with Gasteiger partial charge in [0, 0.05) is 18.2 Å². The third-order valence-electron chi connectivity index (χ3n) is 3.76. The Bertz CT molecular complexity index is 613. The molecule has 0 aliphatic carbocycles. The van der Waals surface area contributed by atoms with Crippen LogP contribution in [0.2, 0.25) is 0 Å². The third kappa shape index (κ3) is 3.78. The van der Waals surface area contributed by atoms with Crippen LogP contribution < -0.4 is 0 Å². The highest BCUT2D eigenvalue weighted by Gasteiger charge is 2.48. The highest BCUT2D eigenvalue weighted by molar-refractivity contribution is 6.21. The molecule has 4 heteroatoms. The number of unbranched alkanes of at least 4 members (excludes halogenated alkanes) is 1. The van der Waals surface area contributed by atoms with E-state index in [9.17, 15) is 9.59 Å². The molecule has 2 aromatic rings. The van der Waals surface area contributed by atoms with Gasteiger partial charge in [-0.05, 0) is 6.42 Å². The number of ether oxygens (including phenoxy) is 2. The Hall–Kier alpha value is -2.30. The fourth-order valence-electron chi connectivity index (χ4n) is 2.40. The van der Waals surface area contributed by atoms with Crippen LogP contribution in [0.3, 0.4) is 0 Å². The first kappa shape index (κ1) is 18.0. The van der Waals surface area contributed by atoms with Crippen LogP contribution in [-0.4, -0.2) is 31.1 Å². The Morgan fingerprint density at radius 2 is 1.33 bits per heavy atom. The van der Waals surface area contributed by atoms with Gasteiger partial charge >= 0.3 is 0 Å². The molecule has 0 unspecified atom stereocenters. The molecule has 0 aromatic heterocycles. The van der Waals surface area contributed by atoms with Crippen molar-refractivity contribution < 1.29 is 19.1 Å². The van der Waals surface area contributed by atoms with E-state index in [1.807, 2.05) is 19.1 Å². The van der Waals surface area contributed by atoms with Crippen molar-refractivity contribution in [3.8, 4) is 0 Å². The SMILES string of the molecule is CCCCOC(OC)(C(=O)c1ccccc1)C(=O)c1ccccc1. The van der Waals surface area contributed by atoms with Gasteiger partial charge in [0.25, 0.3) is 5.79 Å². The van der Waals surface area contributed by atoms with Crippen molar-refractivity contribution in [3.05, 3.63) is 71.8 Å². The Morgan fingerprint density at radius 3 is 1.71 bits per heavy atom. The molecule has 0 aliphatic rings. The molecule has 0 saturated carbocycles. The van der Waals surface area contributed by atoms with Gasteiger partial charge in [0.2, 0.25) is 11.6 Å². The summed E-state index contributed by atoms with van der Waals surface area (Å²) in [5, 5.41) is 0. The van der Waals surface area contributed by atoms with Gasteiger partial charge in [0.05, 0.1) is 6.61 Å². The number of carbonyl (C=O) groups is 2. The number of hydrogen-bond acceptors (Lipinski definition) is 4. The molecular weight excluding hydrogens is 304 g/mol. The fraction of sp³-hybridized carbons (Fsp3) is 0.300. The third-order valence-corrected chi connectivity index (χ3v) is 3.76. The van der Waals surface area contributed by atoms with Crippen LogP contribution in [0.4, 0.5) is 0 Å². The summed E-state index contributed by atoms with van der Waals surface area (Å²) in [4.78, 5) is 26.1. The van der Waals surface area contributed by atoms with Crippen LogP contribution in [0.1, 0.15) is 40.5 Å². The molecule has 2 aromatic carbocycles. The molecule has 0 saturated heterocycles. The summed E-state index contributed by atoms with van der Waals surface area (Å²) in [5.74, 6) is -2.94. The van der Waals surface area contributed by atoms with Crippen LogP contribution in [-0.2, 0) is 9.47 Å². The molecule has 0 amide bonds. The second kappa shape index (κ2) is 8.52. The number of hydrogen-bond donors (Lipinski definition) is 0.